The highest BCUT2D eigenvalue weighted by molar-refractivity contribution is 9.10. The van der Waals surface area contributed by atoms with E-state index in [0.29, 0.717) is 6.61 Å². The van der Waals surface area contributed by atoms with Crippen molar-refractivity contribution in [1.29, 1.82) is 0 Å². The molecule has 1 atom stereocenters. The predicted molar refractivity (Wildman–Crippen MR) is 39.5 cm³/mol. The second kappa shape index (κ2) is 4.56. The molecule has 0 N–H and O–H groups in total. The number of carbonyl (C=O) groups excluding carboxylic acids is 1. The molecule has 0 amide bonds. The normalized spacial score (nSPS) is 12.2. The molecule has 0 aromatic heterocycles. The summed E-state index contributed by atoms with van der Waals surface area (Å²) in [5, 5.41) is 0. The number of hydrogen-bond acceptors (Lipinski definition) is 2. The van der Waals surface area contributed by atoms with E-state index in [1.807, 2.05) is 0 Å². The van der Waals surface area contributed by atoms with Crippen molar-refractivity contribution < 1.29 is 9.53 Å². The molecule has 1 unspecified atom stereocenters. The lowest BCUT2D eigenvalue weighted by Crippen LogP contribution is -2.15. The van der Waals surface area contributed by atoms with Crippen LogP contribution in [0.25, 0.3) is 0 Å². The third-order valence-electron chi connectivity index (χ3n) is 0.802. The molecule has 0 heterocycles. The molecule has 0 aromatic carbocycles. The summed E-state index contributed by atoms with van der Waals surface area (Å²) in [4.78, 5) is 10.3. The van der Waals surface area contributed by atoms with Crippen molar-refractivity contribution in [3.05, 3.63) is 12.8 Å². The van der Waals surface area contributed by atoms with Crippen LogP contribution in [0.3, 0.4) is 0 Å². The zero-order valence-electron chi connectivity index (χ0n) is 5.26. The van der Waals surface area contributed by atoms with Crippen molar-refractivity contribution in [2.45, 2.75) is 11.8 Å². The highest BCUT2D eigenvalue weighted by Crippen LogP contribution is 2.00. The molecule has 0 aromatic rings. The van der Waals surface area contributed by atoms with Gasteiger partial charge in [-0.3, -0.25) is 4.79 Å². The van der Waals surface area contributed by atoms with E-state index in [1.54, 1.807) is 0 Å². The largest absolute Gasteiger partial charge is 0.500 e. The first-order valence-electron chi connectivity index (χ1n) is 2.55. The van der Waals surface area contributed by atoms with Crippen LogP contribution in [0.4, 0.5) is 0 Å². The first-order valence-corrected chi connectivity index (χ1v) is 3.47. The maximum Gasteiger partial charge on any atom is 0.146 e. The van der Waals surface area contributed by atoms with Gasteiger partial charge in [-0.1, -0.05) is 22.5 Å². The van der Waals surface area contributed by atoms with Gasteiger partial charge in [-0.2, -0.15) is 0 Å². The van der Waals surface area contributed by atoms with E-state index in [2.05, 4.69) is 22.5 Å². The molecule has 0 fully saturated rings. The van der Waals surface area contributed by atoms with Gasteiger partial charge in [0, 0.05) is 0 Å². The van der Waals surface area contributed by atoms with Gasteiger partial charge < -0.3 is 4.74 Å². The number of ketones is 1. The summed E-state index contributed by atoms with van der Waals surface area (Å²) < 4.78 is 4.75. The molecule has 0 aliphatic carbocycles. The van der Waals surface area contributed by atoms with Crippen LogP contribution in [0.1, 0.15) is 6.92 Å². The average molecular weight is 193 g/mol. The van der Waals surface area contributed by atoms with Crippen molar-refractivity contribution in [2.75, 3.05) is 6.61 Å². The third kappa shape index (κ3) is 4.21. The summed E-state index contributed by atoms with van der Waals surface area (Å²) >= 11 is 3.12. The van der Waals surface area contributed by atoms with E-state index < -0.39 is 0 Å². The summed E-state index contributed by atoms with van der Waals surface area (Å²) in [6.07, 6.45) is 1.32. The van der Waals surface area contributed by atoms with Gasteiger partial charge in [0.2, 0.25) is 0 Å². The quantitative estimate of drug-likeness (QED) is 0.499. The van der Waals surface area contributed by atoms with Gasteiger partial charge in [-0.25, -0.2) is 0 Å². The molecule has 0 aliphatic heterocycles. The van der Waals surface area contributed by atoms with E-state index in [-0.39, 0.29) is 10.6 Å². The monoisotopic (exact) mass is 192 g/mol. The number of hydrogen-bond donors (Lipinski definition) is 0. The van der Waals surface area contributed by atoms with Gasteiger partial charge in [0.1, 0.15) is 17.2 Å². The highest BCUT2D eigenvalue weighted by Gasteiger charge is 2.07. The van der Waals surface area contributed by atoms with E-state index in [9.17, 15) is 4.79 Å². The topological polar surface area (TPSA) is 26.3 Å². The summed E-state index contributed by atoms with van der Waals surface area (Å²) in [6, 6.07) is 0. The minimum atomic E-state index is -0.199. The molecule has 52 valence electrons. The molecule has 0 radical (unpaired) electrons. The van der Waals surface area contributed by atoms with Gasteiger partial charge in [0.05, 0.1) is 6.26 Å². The lowest BCUT2D eigenvalue weighted by Gasteiger charge is -2.02. The van der Waals surface area contributed by atoms with Crippen LogP contribution in [0.15, 0.2) is 12.8 Å². The first-order chi connectivity index (χ1) is 4.18. The van der Waals surface area contributed by atoms with Crippen molar-refractivity contribution >= 4 is 21.7 Å². The molecule has 0 saturated heterocycles. The number of ether oxygens (including phenoxy) is 1. The minimum absolute atomic E-state index is 0.0665. The molecule has 3 heteroatoms. The molecular formula is C6H9BrO2. The number of rotatable bonds is 4. The zero-order valence-corrected chi connectivity index (χ0v) is 6.85. The average Bonchev–Trinajstić information content (AvgIpc) is 1.82. The fourth-order valence-electron chi connectivity index (χ4n) is 0.270. The Morgan fingerprint density at radius 2 is 2.56 bits per heavy atom. The molecule has 0 spiro atoms. The molecule has 2 nitrogen and oxygen atoms in total. The summed E-state index contributed by atoms with van der Waals surface area (Å²) in [6.45, 7) is 5.20. The smallest absolute Gasteiger partial charge is 0.146 e. The van der Waals surface area contributed by atoms with E-state index >= 15 is 0 Å². The molecule has 0 aliphatic rings. The summed E-state index contributed by atoms with van der Waals surface area (Å²) in [5.74, 6) is 0.0665. The second-order valence-electron chi connectivity index (χ2n) is 1.58. The Hall–Kier alpha value is -0.310. The van der Waals surface area contributed by atoms with Crippen LogP contribution >= 0.6 is 15.9 Å². The second-order valence-corrected chi connectivity index (χ2v) is 2.68. The Bertz CT molecular complexity index is 112. The fraction of sp³-hybridized carbons (Fsp3) is 0.500. The Labute approximate surface area is 63.0 Å². The lowest BCUT2D eigenvalue weighted by molar-refractivity contribution is -0.117. The van der Waals surface area contributed by atoms with Gasteiger partial charge in [0.15, 0.2) is 0 Å². The van der Waals surface area contributed by atoms with Crippen molar-refractivity contribution in [3.63, 3.8) is 0 Å². The number of alkyl halides is 1. The molecule has 0 saturated carbocycles. The van der Waals surface area contributed by atoms with Gasteiger partial charge in [-0.05, 0) is 6.92 Å². The zero-order chi connectivity index (χ0) is 7.28. The summed E-state index contributed by atoms with van der Waals surface area (Å²) in [7, 11) is 0. The molecule has 0 rings (SSSR count). The third-order valence-corrected chi connectivity index (χ3v) is 1.71. The Balaban J connectivity index is 3.37. The summed E-state index contributed by atoms with van der Waals surface area (Å²) in [5.41, 5.74) is 0. The maximum absolute atomic E-state index is 10.5. The van der Waals surface area contributed by atoms with E-state index in [4.69, 9.17) is 4.74 Å². The fourth-order valence-corrected chi connectivity index (χ4v) is 0.422. The highest BCUT2D eigenvalue weighted by atomic mass is 79.9. The van der Waals surface area contributed by atoms with Gasteiger partial charge >= 0.3 is 0 Å². The molecular weight excluding hydrogens is 184 g/mol. The standard InChI is InChI=1S/C6H9BrO2/c1-3-9-4-6(7)5(2)8/h3,6H,1,4H2,2H3. The van der Waals surface area contributed by atoms with Gasteiger partial charge in [0.25, 0.3) is 0 Å². The van der Waals surface area contributed by atoms with Crippen LogP contribution in [-0.4, -0.2) is 17.2 Å². The minimum Gasteiger partial charge on any atom is -0.500 e. The van der Waals surface area contributed by atoms with Crippen molar-refractivity contribution in [1.82, 2.24) is 0 Å². The number of halogens is 1. The Kier molecular flexibility index (Phi) is 4.40. The van der Waals surface area contributed by atoms with Crippen LogP contribution in [0.2, 0.25) is 0 Å². The van der Waals surface area contributed by atoms with Crippen LogP contribution < -0.4 is 0 Å². The molecule has 0 bridgehead atoms. The number of Topliss-reactive ketones (excluding diaryl/α,β-unsaturated/α-hetero) is 1. The maximum atomic E-state index is 10.5. The Morgan fingerprint density at radius 1 is 2.00 bits per heavy atom. The van der Waals surface area contributed by atoms with Gasteiger partial charge in [-0.15, -0.1) is 0 Å². The Morgan fingerprint density at radius 3 is 2.89 bits per heavy atom. The number of carbonyl (C=O) groups is 1. The van der Waals surface area contributed by atoms with Crippen molar-refractivity contribution in [2.24, 2.45) is 0 Å². The van der Waals surface area contributed by atoms with E-state index in [1.165, 1.54) is 13.2 Å². The van der Waals surface area contributed by atoms with Crippen LogP contribution in [0.5, 0.6) is 0 Å². The molecule has 9 heavy (non-hydrogen) atoms. The van der Waals surface area contributed by atoms with Crippen LogP contribution in [0, 0.1) is 0 Å². The first kappa shape index (κ1) is 8.69. The lowest BCUT2D eigenvalue weighted by atomic mass is 10.3. The predicted octanol–water partition coefficient (Wildman–Crippen LogP) is 1.50. The van der Waals surface area contributed by atoms with Crippen molar-refractivity contribution in [3.8, 4) is 0 Å². The van der Waals surface area contributed by atoms with E-state index in [0.717, 1.165) is 0 Å². The SMILES string of the molecule is C=COCC(Br)C(C)=O. The van der Waals surface area contributed by atoms with Crippen LogP contribution in [-0.2, 0) is 9.53 Å².